The van der Waals surface area contributed by atoms with Crippen molar-refractivity contribution in [1.29, 1.82) is 0 Å². The van der Waals surface area contributed by atoms with Crippen LogP contribution >= 0.6 is 0 Å². The molecule has 96 valence electrons. The number of aromatic nitrogens is 3. The Morgan fingerprint density at radius 1 is 1.39 bits per heavy atom. The minimum atomic E-state index is 0.602. The Morgan fingerprint density at radius 3 is 3.00 bits per heavy atom. The van der Waals surface area contributed by atoms with Crippen LogP contribution in [0.3, 0.4) is 0 Å². The highest BCUT2D eigenvalue weighted by atomic mass is 15.1. The lowest BCUT2D eigenvalue weighted by molar-refractivity contribution is 0.431. The van der Waals surface area contributed by atoms with E-state index in [1.165, 1.54) is 24.2 Å². The zero-order valence-electron chi connectivity index (χ0n) is 10.9. The molecular weight excluding hydrogens is 224 g/mol. The number of aryl methyl sites for hydroxylation is 1. The molecule has 18 heavy (non-hydrogen) atoms. The maximum Gasteiger partial charge on any atom is 0.113 e. The topological polar surface area (TPSA) is 42.7 Å². The van der Waals surface area contributed by atoms with Crippen molar-refractivity contribution < 1.29 is 0 Å². The maximum absolute atomic E-state index is 4.83. The van der Waals surface area contributed by atoms with Crippen LogP contribution in [-0.2, 0) is 6.54 Å². The zero-order valence-corrected chi connectivity index (χ0v) is 10.9. The third-order valence-electron chi connectivity index (χ3n) is 3.73. The van der Waals surface area contributed by atoms with E-state index in [0.29, 0.717) is 5.92 Å². The molecule has 4 heteroatoms. The van der Waals surface area contributed by atoms with Crippen LogP contribution in [0, 0.1) is 0 Å². The Bertz CT molecular complexity index is 526. The number of fused-ring (bicyclic) bond motifs is 1. The van der Waals surface area contributed by atoms with E-state index in [4.69, 9.17) is 4.98 Å². The second-order valence-corrected chi connectivity index (χ2v) is 5.01. The number of nitrogens with zero attached hydrogens (tertiary/aromatic N) is 3. The first-order chi connectivity index (χ1) is 8.90. The van der Waals surface area contributed by atoms with Gasteiger partial charge in [0.2, 0.25) is 0 Å². The summed E-state index contributed by atoms with van der Waals surface area (Å²) in [6, 6.07) is 2.09. The molecule has 0 amide bonds. The second-order valence-electron chi connectivity index (χ2n) is 5.01. The molecule has 1 fully saturated rings. The quantitative estimate of drug-likeness (QED) is 0.901. The third kappa shape index (κ3) is 2.01. The van der Waals surface area contributed by atoms with E-state index < -0.39 is 0 Å². The lowest BCUT2D eigenvalue weighted by Crippen LogP contribution is -2.28. The van der Waals surface area contributed by atoms with Gasteiger partial charge < -0.3 is 9.88 Å². The maximum atomic E-state index is 4.83. The monoisotopic (exact) mass is 244 g/mol. The van der Waals surface area contributed by atoms with Crippen LogP contribution in [0.15, 0.2) is 18.5 Å². The number of hydrogen-bond donors (Lipinski definition) is 1. The summed E-state index contributed by atoms with van der Waals surface area (Å²) in [5.41, 5.74) is 2.28. The predicted molar refractivity (Wildman–Crippen MR) is 72.7 cm³/mol. The summed E-state index contributed by atoms with van der Waals surface area (Å²) in [5.74, 6) is 1.87. The van der Waals surface area contributed by atoms with Crippen LogP contribution in [0.25, 0.3) is 11.0 Å². The second kappa shape index (κ2) is 5.06. The molecule has 1 saturated heterocycles. The van der Waals surface area contributed by atoms with Gasteiger partial charge in [-0.3, -0.25) is 4.98 Å². The van der Waals surface area contributed by atoms with E-state index in [9.17, 15) is 0 Å². The highest BCUT2D eigenvalue weighted by Gasteiger charge is 2.21. The van der Waals surface area contributed by atoms with Gasteiger partial charge >= 0.3 is 0 Å². The van der Waals surface area contributed by atoms with Gasteiger partial charge in [0.05, 0.1) is 11.7 Å². The highest BCUT2D eigenvalue weighted by molar-refractivity contribution is 5.74. The van der Waals surface area contributed by atoms with Crippen molar-refractivity contribution in [3.05, 3.63) is 24.3 Å². The van der Waals surface area contributed by atoms with Crippen molar-refractivity contribution in [2.24, 2.45) is 0 Å². The zero-order chi connectivity index (χ0) is 12.4. The lowest BCUT2D eigenvalue weighted by atomic mass is 9.97. The number of imidazole rings is 1. The van der Waals surface area contributed by atoms with Crippen LogP contribution in [0.4, 0.5) is 0 Å². The molecule has 3 rings (SSSR count). The molecule has 2 aromatic heterocycles. The van der Waals surface area contributed by atoms with Crippen LogP contribution < -0.4 is 5.32 Å². The van der Waals surface area contributed by atoms with Gasteiger partial charge in [-0.25, -0.2) is 4.98 Å². The molecule has 0 radical (unpaired) electrons. The van der Waals surface area contributed by atoms with Gasteiger partial charge in [-0.05, 0) is 38.4 Å². The van der Waals surface area contributed by atoms with Crippen LogP contribution in [0.1, 0.15) is 37.9 Å². The summed E-state index contributed by atoms with van der Waals surface area (Å²) >= 11 is 0. The van der Waals surface area contributed by atoms with Gasteiger partial charge in [-0.2, -0.15) is 0 Å². The first kappa shape index (κ1) is 11.7. The lowest BCUT2D eigenvalue weighted by Gasteiger charge is -2.23. The summed E-state index contributed by atoms with van der Waals surface area (Å²) < 4.78 is 2.40. The van der Waals surface area contributed by atoms with Gasteiger partial charge in [0, 0.05) is 18.7 Å². The van der Waals surface area contributed by atoms with Crippen molar-refractivity contribution in [3.63, 3.8) is 0 Å². The molecule has 0 unspecified atom stereocenters. The van der Waals surface area contributed by atoms with E-state index >= 15 is 0 Å². The van der Waals surface area contributed by atoms with Crippen molar-refractivity contribution in [1.82, 2.24) is 19.9 Å². The van der Waals surface area contributed by atoms with Crippen LogP contribution in [0.2, 0.25) is 0 Å². The number of hydrogen-bond acceptors (Lipinski definition) is 3. The van der Waals surface area contributed by atoms with Gasteiger partial charge in [0.15, 0.2) is 0 Å². The summed E-state index contributed by atoms with van der Waals surface area (Å²) in [5, 5.41) is 3.42. The summed E-state index contributed by atoms with van der Waals surface area (Å²) in [6.45, 7) is 5.50. The van der Waals surface area contributed by atoms with Gasteiger partial charge in [0.1, 0.15) is 11.3 Å². The SMILES string of the molecule is CCCn1c(C2CCNCC2)nc2cnccc21. The predicted octanol–water partition coefficient (Wildman–Crippen LogP) is 2.31. The average molecular weight is 244 g/mol. The van der Waals surface area contributed by atoms with E-state index in [2.05, 4.69) is 27.9 Å². The Morgan fingerprint density at radius 2 is 2.22 bits per heavy atom. The van der Waals surface area contributed by atoms with Crippen LogP contribution in [0.5, 0.6) is 0 Å². The first-order valence-corrected chi connectivity index (χ1v) is 6.91. The Labute approximate surface area is 107 Å². The molecule has 0 spiro atoms. The van der Waals surface area contributed by atoms with E-state index in [-0.39, 0.29) is 0 Å². The molecule has 3 heterocycles. The van der Waals surface area contributed by atoms with E-state index in [1.807, 2.05) is 12.4 Å². The first-order valence-electron chi connectivity index (χ1n) is 6.91. The number of pyridine rings is 1. The molecule has 0 bridgehead atoms. The van der Waals surface area contributed by atoms with Crippen LogP contribution in [-0.4, -0.2) is 27.6 Å². The van der Waals surface area contributed by atoms with E-state index in [0.717, 1.165) is 31.6 Å². The van der Waals surface area contributed by atoms with Gasteiger partial charge in [-0.1, -0.05) is 6.92 Å². The summed E-state index contributed by atoms with van der Waals surface area (Å²) in [7, 11) is 0. The largest absolute Gasteiger partial charge is 0.328 e. The number of piperidine rings is 1. The minimum absolute atomic E-state index is 0.602. The fraction of sp³-hybridized carbons (Fsp3) is 0.571. The van der Waals surface area contributed by atoms with Gasteiger partial charge in [-0.15, -0.1) is 0 Å². The minimum Gasteiger partial charge on any atom is -0.328 e. The molecule has 0 aliphatic carbocycles. The third-order valence-corrected chi connectivity index (χ3v) is 3.73. The molecule has 0 saturated carbocycles. The molecule has 4 nitrogen and oxygen atoms in total. The summed E-state index contributed by atoms with van der Waals surface area (Å²) in [6.07, 6.45) is 7.28. The van der Waals surface area contributed by atoms with Crippen molar-refractivity contribution in [2.45, 2.75) is 38.6 Å². The molecule has 0 atom stereocenters. The van der Waals surface area contributed by atoms with Crippen molar-refractivity contribution >= 4 is 11.0 Å². The molecular formula is C14H20N4. The standard InChI is InChI=1S/C14H20N4/c1-2-9-18-13-5-8-16-10-12(13)17-14(18)11-3-6-15-7-4-11/h5,8,10-11,15H,2-4,6-7,9H2,1H3. The number of rotatable bonds is 3. The highest BCUT2D eigenvalue weighted by Crippen LogP contribution is 2.28. The van der Waals surface area contributed by atoms with Crippen molar-refractivity contribution in [3.8, 4) is 0 Å². The molecule has 1 aliphatic rings. The van der Waals surface area contributed by atoms with Gasteiger partial charge in [0.25, 0.3) is 0 Å². The number of nitrogens with one attached hydrogen (secondary N) is 1. The molecule has 0 aromatic carbocycles. The molecule has 1 aliphatic heterocycles. The smallest absolute Gasteiger partial charge is 0.113 e. The normalized spacial score (nSPS) is 17.4. The fourth-order valence-corrected chi connectivity index (χ4v) is 2.85. The Balaban J connectivity index is 2.05. The fourth-order valence-electron chi connectivity index (χ4n) is 2.85. The molecule has 1 N–H and O–H groups in total. The Hall–Kier alpha value is -1.42. The average Bonchev–Trinajstić information content (AvgIpc) is 2.80. The molecule has 2 aromatic rings. The summed E-state index contributed by atoms with van der Waals surface area (Å²) in [4.78, 5) is 9.01. The van der Waals surface area contributed by atoms with Crippen molar-refractivity contribution in [2.75, 3.05) is 13.1 Å². The van der Waals surface area contributed by atoms with E-state index in [1.54, 1.807) is 0 Å². The Kier molecular flexibility index (Phi) is 3.28.